The summed E-state index contributed by atoms with van der Waals surface area (Å²) in [7, 11) is 0. The Morgan fingerprint density at radius 1 is 1.00 bits per heavy atom. The summed E-state index contributed by atoms with van der Waals surface area (Å²) in [6.45, 7) is 2.00. The van der Waals surface area contributed by atoms with Crippen molar-refractivity contribution in [2.45, 2.75) is 18.3 Å². The summed E-state index contributed by atoms with van der Waals surface area (Å²) in [5.74, 6) is 1.68. The maximum absolute atomic E-state index is 10.2. The van der Waals surface area contributed by atoms with E-state index in [1.54, 1.807) is 11.8 Å². The Labute approximate surface area is 139 Å². The molecule has 23 heavy (non-hydrogen) atoms. The van der Waals surface area contributed by atoms with Crippen molar-refractivity contribution in [2.75, 3.05) is 5.75 Å². The van der Waals surface area contributed by atoms with E-state index >= 15 is 0 Å². The van der Waals surface area contributed by atoms with Gasteiger partial charge in [-0.3, -0.25) is 0 Å². The number of aromatic nitrogens is 2. The zero-order valence-electron chi connectivity index (χ0n) is 12.8. The van der Waals surface area contributed by atoms with E-state index in [1.165, 1.54) is 0 Å². The van der Waals surface area contributed by atoms with Gasteiger partial charge in [-0.05, 0) is 24.6 Å². The molecule has 0 aliphatic rings. The molecule has 4 nitrogen and oxygen atoms in total. The molecule has 0 radical (unpaired) electrons. The first-order valence-electron chi connectivity index (χ1n) is 7.47. The van der Waals surface area contributed by atoms with Crippen molar-refractivity contribution in [1.29, 1.82) is 0 Å². The molecular weight excluding hydrogens is 308 g/mol. The van der Waals surface area contributed by atoms with Crippen LogP contribution in [0.5, 0.6) is 0 Å². The molecule has 2 atom stereocenters. The molecule has 1 aromatic heterocycles. The van der Waals surface area contributed by atoms with Crippen molar-refractivity contribution in [2.24, 2.45) is 0 Å². The van der Waals surface area contributed by atoms with Gasteiger partial charge in [0.05, 0.1) is 11.4 Å². The highest BCUT2D eigenvalue weighted by Crippen LogP contribution is 2.32. The van der Waals surface area contributed by atoms with Crippen LogP contribution in [-0.4, -0.2) is 21.1 Å². The molecule has 0 amide bonds. The summed E-state index contributed by atoms with van der Waals surface area (Å²) in [6, 6.07) is 19.4. The predicted molar refractivity (Wildman–Crippen MR) is 92.0 cm³/mol. The lowest BCUT2D eigenvalue weighted by atomic mass is 10.1. The quantitative estimate of drug-likeness (QED) is 0.733. The number of nitrogens with zero attached hydrogens (tertiary/aromatic N) is 2. The minimum Gasteiger partial charge on any atom is -0.420 e. The molecule has 5 heteroatoms. The van der Waals surface area contributed by atoms with Gasteiger partial charge in [0.15, 0.2) is 0 Å². The zero-order chi connectivity index (χ0) is 16.1. The van der Waals surface area contributed by atoms with Gasteiger partial charge in [-0.2, -0.15) is 0 Å². The minimum absolute atomic E-state index is 0.0262. The van der Waals surface area contributed by atoms with Gasteiger partial charge in [-0.15, -0.1) is 22.0 Å². The summed E-state index contributed by atoms with van der Waals surface area (Å²) in [5, 5.41) is 18.5. The van der Waals surface area contributed by atoms with Gasteiger partial charge in [-0.1, -0.05) is 48.5 Å². The highest BCUT2D eigenvalue weighted by atomic mass is 32.2. The van der Waals surface area contributed by atoms with Crippen molar-refractivity contribution in [1.82, 2.24) is 10.2 Å². The monoisotopic (exact) mass is 326 g/mol. The number of hydrogen-bond acceptors (Lipinski definition) is 5. The van der Waals surface area contributed by atoms with E-state index in [1.807, 2.05) is 67.6 Å². The Hall–Kier alpha value is -2.11. The smallest absolute Gasteiger partial charge is 0.247 e. The molecular formula is C18H18N2O2S. The average Bonchev–Trinajstić information content (AvgIpc) is 3.11. The molecule has 0 saturated carbocycles. The van der Waals surface area contributed by atoms with Gasteiger partial charge < -0.3 is 9.52 Å². The van der Waals surface area contributed by atoms with Crippen molar-refractivity contribution >= 4 is 11.8 Å². The summed E-state index contributed by atoms with van der Waals surface area (Å²) < 4.78 is 5.74. The Bertz CT molecular complexity index is 731. The zero-order valence-corrected chi connectivity index (χ0v) is 13.6. The second-order valence-electron chi connectivity index (χ2n) is 5.21. The van der Waals surface area contributed by atoms with Crippen LogP contribution in [0.4, 0.5) is 0 Å². The largest absolute Gasteiger partial charge is 0.420 e. The molecule has 2 aromatic carbocycles. The van der Waals surface area contributed by atoms with E-state index in [0.29, 0.717) is 17.5 Å². The van der Waals surface area contributed by atoms with Crippen LogP contribution in [0.1, 0.15) is 29.7 Å². The average molecular weight is 326 g/mol. The molecule has 3 rings (SSSR count). The molecule has 3 aromatic rings. The van der Waals surface area contributed by atoms with Gasteiger partial charge >= 0.3 is 0 Å². The number of rotatable bonds is 6. The van der Waals surface area contributed by atoms with Crippen LogP contribution in [0.3, 0.4) is 0 Å². The fraction of sp³-hybridized carbons (Fsp3) is 0.222. The first kappa shape index (κ1) is 15.8. The number of benzene rings is 2. The molecule has 1 heterocycles. The van der Waals surface area contributed by atoms with Crippen molar-refractivity contribution < 1.29 is 9.52 Å². The van der Waals surface area contributed by atoms with Gasteiger partial charge in [0, 0.05) is 11.3 Å². The number of thioether (sulfide) groups is 1. The fourth-order valence-corrected chi connectivity index (χ4v) is 3.08. The molecule has 0 aliphatic carbocycles. The number of aliphatic hydroxyl groups excluding tert-OH is 1. The van der Waals surface area contributed by atoms with Crippen LogP contribution in [0, 0.1) is 0 Å². The van der Waals surface area contributed by atoms with Crippen LogP contribution in [0.15, 0.2) is 65.1 Å². The van der Waals surface area contributed by atoms with Gasteiger partial charge in [0.1, 0.15) is 0 Å². The third-order valence-electron chi connectivity index (χ3n) is 3.50. The Morgan fingerprint density at radius 3 is 2.35 bits per heavy atom. The Morgan fingerprint density at radius 2 is 1.65 bits per heavy atom. The molecule has 0 bridgehead atoms. The van der Waals surface area contributed by atoms with Crippen LogP contribution < -0.4 is 0 Å². The second kappa shape index (κ2) is 7.44. The lowest BCUT2D eigenvalue weighted by Crippen LogP contribution is -2.02. The molecule has 0 aliphatic heterocycles. The number of hydrogen-bond donors (Lipinski definition) is 1. The lowest BCUT2D eigenvalue weighted by molar-refractivity contribution is 0.204. The fourth-order valence-electron chi connectivity index (χ4n) is 2.17. The first-order chi connectivity index (χ1) is 11.2. The van der Waals surface area contributed by atoms with Crippen LogP contribution in [0.2, 0.25) is 0 Å². The van der Waals surface area contributed by atoms with E-state index in [-0.39, 0.29) is 5.25 Å². The third-order valence-corrected chi connectivity index (χ3v) is 4.71. The SMILES string of the molecule is CC(SCC(O)c1ccccc1)c1nnc(-c2ccccc2)o1. The van der Waals surface area contributed by atoms with E-state index in [2.05, 4.69) is 10.2 Å². The third kappa shape index (κ3) is 4.00. The summed E-state index contributed by atoms with van der Waals surface area (Å²) >= 11 is 1.59. The highest BCUT2D eigenvalue weighted by molar-refractivity contribution is 7.99. The Kier molecular flexibility index (Phi) is 5.10. The lowest BCUT2D eigenvalue weighted by Gasteiger charge is -2.12. The standard InChI is InChI=1S/C18H18N2O2S/c1-13(23-12-16(21)14-8-4-2-5-9-14)17-19-20-18(22-17)15-10-6-3-7-11-15/h2-11,13,16,21H,12H2,1H3. The topological polar surface area (TPSA) is 59.2 Å². The van der Waals surface area contributed by atoms with E-state index in [4.69, 9.17) is 4.42 Å². The van der Waals surface area contributed by atoms with Crippen molar-refractivity contribution in [3.8, 4) is 11.5 Å². The summed E-state index contributed by atoms with van der Waals surface area (Å²) in [6.07, 6.45) is -0.500. The maximum Gasteiger partial charge on any atom is 0.247 e. The molecule has 0 fully saturated rings. The molecule has 1 N–H and O–H groups in total. The maximum atomic E-state index is 10.2. The van der Waals surface area contributed by atoms with E-state index in [0.717, 1.165) is 11.1 Å². The normalized spacial score (nSPS) is 13.7. The van der Waals surface area contributed by atoms with E-state index in [9.17, 15) is 5.11 Å². The van der Waals surface area contributed by atoms with Crippen LogP contribution in [0.25, 0.3) is 11.5 Å². The Balaban J connectivity index is 1.61. The van der Waals surface area contributed by atoms with Gasteiger partial charge in [0.25, 0.3) is 0 Å². The highest BCUT2D eigenvalue weighted by Gasteiger charge is 2.17. The molecule has 2 unspecified atom stereocenters. The predicted octanol–water partition coefficient (Wildman–Crippen LogP) is 4.26. The van der Waals surface area contributed by atoms with Crippen molar-refractivity contribution in [3.05, 3.63) is 72.1 Å². The van der Waals surface area contributed by atoms with E-state index < -0.39 is 6.10 Å². The van der Waals surface area contributed by atoms with Crippen LogP contribution >= 0.6 is 11.8 Å². The molecule has 0 spiro atoms. The van der Waals surface area contributed by atoms with Crippen LogP contribution in [-0.2, 0) is 0 Å². The summed E-state index contributed by atoms with van der Waals surface area (Å²) in [4.78, 5) is 0. The second-order valence-corrected chi connectivity index (χ2v) is 6.59. The number of aliphatic hydroxyl groups is 1. The first-order valence-corrected chi connectivity index (χ1v) is 8.52. The molecule has 118 valence electrons. The molecule has 0 saturated heterocycles. The summed E-state index contributed by atoms with van der Waals surface area (Å²) in [5.41, 5.74) is 1.83. The van der Waals surface area contributed by atoms with Crippen molar-refractivity contribution in [3.63, 3.8) is 0 Å². The van der Waals surface area contributed by atoms with Gasteiger partial charge in [0.2, 0.25) is 11.8 Å². The van der Waals surface area contributed by atoms with Gasteiger partial charge in [-0.25, -0.2) is 0 Å². The minimum atomic E-state index is -0.500.